The summed E-state index contributed by atoms with van der Waals surface area (Å²) < 4.78 is 2.11. The average molecular weight is 420 g/mol. The van der Waals surface area contributed by atoms with Gasteiger partial charge in [-0.2, -0.15) is 0 Å². The number of carbonyl (C=O) groups excluding carboxylic acids is 1. The van der Waals surface area contributed by atoms with Gasteiger partial charge in [0, 0.05) is 15.4 Å². The predicted octanol–water partition coefficient (Wildman–Crippen LogP) is 5.99. The molecule has 1 aliphatic rings. The van der Waals surface area contributed by atoms with Crippen molar-refractivity contribution in [3.63, 3.8) is 0 Å². The maximum Gasteiger partial charge on any atom is 0.156 e. The van der Waals surface area contributed by atoms with Crippen molar-refractivity contribution in [3.05, 3.63) is 74.7 Å². The Hall–Kier alpha value is -1.19. The van der Waals surface area contributed by atoms with Gasteiger partial charge in [0.1, 0.15) is 0 Å². The third-order valence-corrected chi connectivity index (χ3v) is 5.73. The molecule has 0 fully saturated rings. The smallest absolute Gasteiger partial charge is 0.156 e. The molecule has 2 aromatic rings. The van der Waals surface area contributed by atoms with Crippen LogP contribution in [0.25, 0.3) is 5.57 Å². The van der Waals surface area contributed by atoms with E-state index in [9.17, 15) is 4.79 Å². The lowest BCUT2D eigenvalue weighted by molar-refractivity contribution is -0.115. The lowest BCUT2D eigenvalue weighted by Gasteiger charge is -2.31. The zero-order valence-corrected chi connectivity index (χ0v) is 15.4. The molecular formula is C19H16Br2O. The first-order valence-electron chi connectivity index (χ1n) is 7.31. The third kappa shape index (κ3) is 2.97. The van der Waals surface area contributed by atoms with Crippen LogP contribution in [0, 0.1) is 5.92 Å². The van der Waals surface area contributed by atoms with E-state index in [0.29, 0.717) is 6.42 Å². The van der Waals surface area contributed by atoms with E-state index in [1.807, 2.05) is 42.5 Å². The first-order chi connectivity index (χ1) is 10.6. The maximum atomic E-state index is 12.3. The number of ketones is 1. The molecule has 0 heterocycles. The highest BCUT2D eigenvalue weighted by Crippen LogP contribution is 2.44. The minimum absolute atomic E-state index is 0.199. The van der Waals surface area contributed by atoms with Gasteiger partial charge in [-0.05, 0) is 46.7 Å². The van der Waals surface area contributed by atoms with Gasteiger partial charge in [-0.1, -0.05) is 75.2 Å². The average Bonchev–Trinajstić information content (AvgIpc) is 2.51. The number of rotatable bonds is 2. The number of allylic oxidation sites excluding steroid dienone is 2. The molecule has 0 spiro atoms. The molecule has 112 valence electrons. The van der Waals surface area contributed by atoms with Crippen LogP contribution < -0.4 is 0 Å². The van der Waals surface area contributed by atoms with Crippen LogP contribution >= 0.6 is 31.9 Å². The van der Waals surface area contributed by atoms with Gasteiger partial charge in [-0.3, -0.25) is 4.79 Å². The van der Waals surface area contributed by atoms with Crippen LogP contribution in [0.5, 0.6) is 0 Å². The zero-order chi connectivity index (χ0) is 15.7. The molecule has 1 nitrogen and oxygen atoms in total. The molecule has 3 rings (SSSR count). The fourth-order valence-electron chi connectivity index (χ4n) is 3.15. The Balaban J connectivity index is 2.05. The Morgan fingerprint density at radius 1 is 0.955 bits per heavy atom. The van der Waals surface area contributed by atoms with Gasteiger partial charge in [0.2, 0.25) is 0 Å². The maximum absolute atomic E-state index is 12.3. The second-order valence-corrected chi connectivity index (χ2v) is 7.38. The molecule has 0 amide bonds. The highest BCUT2D eigenvalue weighted by atomic mass is 79.9. The lowest BCUT2D eigenvalue weighted by Crippen LogP contribution is -2.21. The summed E-state index contributed by atoms with van der Waals surface area (Å²) in [5.41, 5.74) is 3.44. The van der Waals surface area contributed by atoms with Gasteiger partial charge in [-0.25, -0.2) is 0 Å². The Morgan fingerprint density at radius 2 is 1.59 bits per heavy atom. The summed E-state index contributed by atoms with van der Waals surface area (Å²) in [6.45, 7) is 2.21. The Morgan fingerprint density at radius 3 is 2.27 bits per heavy atom. The van der Waals surface area contributed by atoms with Crippen molar-refractivity contribution in [1.82, 2.24) is 0 Å². The van der Waals surface area contributed by atoms with Gasteiger partial charge in [-0.15, -0.1) is 0 Å². The van der Waals surface area contributed by atoms with E-state index in [1.165, 1.54) is 5.56 Å². The molecule has 1 aliphatic carbocycles. The van der Waals surface area contributed by atoms with Crippen LogP contribution in [0.1, 0.15) is 30.4 Å². The van der Waals surface area contributed by atoms with Gasteiger partial charge in [0.15, 0.2) is 5.78 Å². The van der Waals surface area contributed by atoms with Crippen molar-refractivity contribution < 1.29 is 4.79 Å². The molecule has 0 bridgehead atoms. The van der Waals surface area contributed by atoms with Crippen molar-refractivity contribution in [2.45, 2.75) is 19.3 Å². The lowest BCUT2D eigenvalue weighted by atomic mass is 9.73. The molecule has 0 radical (unpaired) electrons. The van der Waals surface area contributed by atoms with Crippen LogP contribution in [-0.2, 0) is 4.79 Å². The molecule has 22 heavy (non-hydrogen) atoms. The van der Waals surface area contributed by atoms with Gasteiger partial charge >= 0.3 is 0 Å². The number of benzene rings is 2. The second kappa shape index (κ2) is 6.51. The Labute approximate surface area is 147 Å². The summed E-state index contributed by atoms with van der Waals surface area (Å²) >= 11 is 7.24. The molecular weight excluding hydrogens is 404 g/mol. The summed E-state index contributed by atoms with van der Waals surface area (Å²) in [6.07, 6.45) is 2.38. The number of hydrogen-bond acceptors (Lipinski definition) is 1. The van der Waals surface area contributed by atoms with Gasteiger partial charge < -0.3 is 0 Å². The quantitative estimate of drug-likeness (QED) is 0.584. The van der Waals surface area contributed by atoms with Crippen molar-refractivity contribution >= 4 is 43.2 Å². The number of carbonyl (C=O) groups is 1. The molecule has 2 unspecified atom stereocenters. The van der Waals surface area contributed by atoms with E-state index < -0.39 is 0 Å². The Bertz CT molecular complexity index is 749. The van der Waals surface area contributed by atoms with E-state index in [2.05, 4.69) is 50.9 Å². The third-order valence-electron chi connectivity index (χ3n) is 4.32. The van der Waals surface area contributed by atoms with Crippen LogP contribution in [0.4, 0.5) is 0 Å². The highest BCUT2D eigenvalue weighted by molar-refractivity contribution is 9.10. The molecule has 2 aromatic carbocycles. The summed E-state index contributed by atoms with van der Waals surface area (Å²) in [7, 11) is 0. The topological polar surface area (TPSA) is 17.1 Å². The summed E-state index contributed by atoms with van der Waals surface area (Å²) in [4.78, 5) is 12.3. The van der Waals surface area contributed by atoms with Crippen molar-refractivity contribution in [2.75, 3.05) is 0 Å². The van der Waals surface area contributed by atoms with E-state index in [-0.39, 0.29) is 17.6 Å². The largest absolute Gasteiger partial charge is 0.295 e. The monoisotopic (exact) mass is 418 g/mol. The highest BCUT2D eigenvalue weighted by Gasteiger charge is 2.31. The molecule has 0 saturated heterocycles. The van der Waals surface area contributed by atoms with Crippen LogP contribution in [0.3, 0.4) is 0 Å². The van der Waals surface area contributed by atoms with E-state index in [0.717, 1.165) is 20.1 Å². The minimum atomic E-state index is 0.199. The number of halogens is 2. The zero-order valence-electron chi connectivity index (χ0n) is 12.2. The molecule has 2 atom stereocenters. The van der Waals surface area contributed by atoms with Gasteiger partial charge in [0.05, 0.1) is 0 Å². The first kappa shape index (κ1) is 15.7. The van der Waals surface area contributed by atoms with Crippen LogP contribution in [0.2, 0.25) is 0 Å². The summed E-state index contributed by atoms with van der Waals surface area (Å²) in [6, 6.07) is 16.3. The predicted molar refractivity (Wildman–Crippen MR) is 97.8 cm³/mol. The van der Waals surface area contributed by atoms with E-state index >= 15 is 0 Å². The second-order valence-electron chi connectivity index (χ2n) is 5.67. The van der Waals surface area contributed by atoms with E-state index in [4.69, 9.17) is 0 Å². The molecule has 0 N–H and O–H groups in total. The summed E-state index contributed by atoms with van der Waals surface area (Å²) in [5.74, 6) is 0.690. The fourth-order valence-corrected chi connectivity index (χ4v) is 4.24. The molecule has 0 saturated carbocycles. The number of hydrogen-bond donors (Lipinski definition) is 0. The minimum Gasteiger partial charge on any atom is -0.295 e. The fraction of sp³-hybridized carbons (Fsp3) is 0.211. The normalized spacial score (nSPS) is 21.6. The van der Waals surface area contributed by atoms with Crippen molar-refractivity contribution in [2.24, 2.45) is 5.92 Å². The van der Waals surface area contributed by atoms with E-state index in [1.54, 1.807) is 0 Å². The van der Waals surface area contributed by atoms with Crippen molar-refractivity contribution in [3.8, 4) is 0 Å². The SMILES string of the molecule is CC1C(c2ccccc2Br)=CC(=O)CC1c1ccccc1Br. The molecule has 0 aromatic heterocycles. The van der Waals surface area contributed by atoms with Gasteiger partial charge in [0.25, 0.3) is 0 Å². The molecule has 0 aliphatic heterocycles. The molecule has 3 heteroatoms. The summed E-state index contributed by atoms with van der Waals surface area (Å²) in [5, 5.41) is 0. The first-order valence-corrected chi connectivity index (χ1v) is 8.90. The van der Waals surface area contributed by atoms with Crippen LogP contribution in [-0.4, -0.2) is 5.78 Å². The Kier molecular flexibility index (Phi) is 4.65. The van der Waals surface area contributed by atoms with Crippen LogP contribution in [0.15, 0.2) is 63.6 Å². The standard InChI is InChI=1S/C19H16Br2O/c1-12-16(14-6-2-4-8-18(14)20)10-13(22)11-17(12)15-7-3-5-9-19(15)21/h2-10,12,17H,11H2,1H3. The van der Waals surface area contributed by atoms with Crippen molar-refractivity contribution in [1.29, 1.82) is 0 Å².